The molecule has 1 heterocycles. The Hall–Kier alpha value is -1.14. The van der Waals surface area contributed by atoms with Gasteiger partial charge >= 0.3 is 0 Å². The van der Waals surface area contributed by atoms with Crippen LogP contribution >= 0.6 is 0 Å². The highest BCUT2D eigenvalue weighted by molar-refractivity contribution is 5.81. The molecule has 0 unspecified atom stereocenters. The standard InChI is InChI=1S/C10H20N4O2/c1-7(11)10(16)13-8-2-4-14(5-3-8)6-9(12)15/h7-8H,2-6,11H2,1H3,(H2,12,15)(H,13,16)/t7-/m1/s1. The van der Waals surface area contributed by atoms with E-state index in [-0.39, 0.29) is 17.9 Å². The Labute approximate surface area is 95.3 Å². The largest absolute Gasteiger partial charge is 0.369 e. The molecule has 1 aliphatic heterocycles. The van der Waals surface area contributed by atoms with Crippen molar-refractivity contribution in [3.05, 3.63) is 0 Å². The third-order valence-corrected chi connectivity index (χ3v) is 2.73. The summed E-state index contributed by atoms with van der Waals surface area (Å²) in [6.07, 6.45) is 1.68. The predicted octanol–water partition coefficient (Wildman–Crippen LogP) is -1.60. The number of nitrogens with zero attached hydrogens (tertiary/aromatic N) is 1. The van der Waals surface area contributed by atoms with Gasteiger partial charge in [-0.25, -0.2) is 0 Å². The lowest BCUT2D eigenvalue weighted by atomic mass is 10.0. The van der Waals surface area contributed by atoms with Crippen molar-refractivity contribution < 1.29 is 9.59 Å². The molecule has 5 N–H and O–H groups in total. The summed E-state index contributed by atoms with van der Waals surface area (Å²) in [5.41, 5.74) is 10.6. The highest BCUT2D eigenvalue weighted by Gasteiger charge is 2.22. The third kappa shape index (κ3) is 4.16. The zero-order chi connectivity index (χ0) is 12.1. The highest BCUT2D eigenvalue weighted by Crippen LogP contribution is 2.09. The zero-order valence-electron chi connectivity index (χ0n) is 9.61. The molecule has 92 valence electrons. The van der Waals surface area contributed by atoms with Gasteiger partial charge in [-0.1, -0.05) is 0 Å². The molecule has 0 spiro atoms. The van der Waals surface area contributed by atoms with Crippen LogP contribution in [0.15, 0.2) is 0 Å². The molecule has 0 aromatic carbocycles. The smallest absolute Gasteiger partial charge is 0.236 e. The minimum Gasteiger partial charge on any atom is -0.369 e. The summed E-state index contributed by atoms with van der Waals surface area (Å²) in [4.78, 5) is 24.1. The van der Waals surface area contributed by atoms with Crippen LogP contribution in [0.3, 0.4) is 0 Å². The fourth-order valence-electron chi connectivity index (χ4n) is 1.79. The molecule has 2 amide bonds. The number of carbonyl (C=O) groups excluding carboxylic acids is 2. The number of hydrogen-bond acceptors (Lipinski definition) is 4. The molecule has 1 rings (SSSR count). The Kier molecular flexibility index (Phi) is 4.70. The first-order chi connectivity index (χ1) is 7.49. The van der Waals surface area contributed by atoms with Crippen LogP contribution < -0.4 is 16.8 Å². The number of piperidine rings is 1. The van der Waals surface area contributed by atoms with Crippen molar-refractivity contribution in [2.45, 2.75) is 31.8 Å². The van der Waals surface area contributed by atoms with Crippen molar-refractivity contribution in [3.63, 3.8) is 0 Å². The van der Waals surface area contributed by atoms with Gasteiger partial charge in [-0.3, -0.25) is 14.5 Å². The monoisotopic (exact) mass is 228 g/mol. The van der Waals surface area contributed by atoms with Crippen LogP contribution in [-0.2, 0) is 9.59 Å². The number of primary amides is 1. The van der Waals surface area contributed by atoms with E-state index < -0.39 is 6.04 Å². The number of nitrogens with two attached hydrogens (primary N) is 2. The van der Waals surface area contributed by atoms with E-state index >= 15 is 0 Å². The lowest BCUT2D eigenvalue weighted by Crippen LogP contribution is -2.49. The Morgan fingerprint density at radius 2 is 2.00 bits per heavy atom. The Morgan fingerprint density at radius 3 is 2.44 bits per heavy atom. The lowest BCUT2D eigenvalue weighted by molar-refractivity contribution is -0.123. The van der Waals surface area contributed by atoms with Crippen LogP contribution in [0.25, 0.3) is 0 Å². The van der Waals surface area contributed by atoms with Gasteiger partial charge in [0, 0.05) is 19.1 Å². The first-order valence-corrected chi connectivity index (χ1v) is 5.55. The second-order valence-corrected chi connectivity index (χ2v) is 4.31. The molecule has 6 nitrogen and oxygen atoms in total. The van der Waals surface area contributed by atoms with E-state index in [4.69, 9.17) is 11.5 Å². The number of carbonyl (C=O) groups is 2. The molecule has 0 radical (unpaired) electrons. The van der Waals surface area contributed by atoms with Crippen molar-refractivity contribution in [3.8, 4) is 0 Å². The van der Waals surface area contributed by atoms with Gasteiger partial charge in [0.15, 0.2) is 0 Å². The minimum atomic E-state index is -0.469. The summed E-state index contributed by atoms with van der Waals surface area (Å²) in [6.45, 7) is 3.53. The summed E-state index contributed by atoms with van der Waals surface area (Å²) < 4.78 is 0. The average Bonchev–Trinajstić information content (AvgIpc) is 2.20. The van der Waals surface area contributed by atoms with Crippen LogP contribution in [0.1, 0.15) is 19.8 Å². The van der Waals surface area contributed by atoms with Gasteiger partial charge in [-0.15, -0.1) is 0 Å². The normalized spacial score (nSPS) is 20.4. The molecule has 0 saturated carbocycles. The molecule has 1 atom stereocenters. The topological polar surface area (TPSA) is 101 Å². The zero-order valence-corrected chi connectivity index (χ0v) is 9.61. The van der Waals surface area contributed by atoms with E-state index in [1.165, 1.54) is 0 Å². The molecule has 16 heavy (non-hydrogen) atoms. The number of likely N-dealkylation sites (tertiary alicyclic amines) is 1. The lowest BCUT2D eigenvalue weighted by Gasteiger charge is -2.31. The van der Waals surface area contributed by atoms with Crippen LogP contribution in [0, 0.1) is 0 Å². The van der Waals surface area contributed by atoms with Crippen LogP contribution in [0.5, 0.6) is 0 Å². The molecule has 1 fully saturated rings. The first-order valence-electron chi connectivity index (χ1n) is 5.55. The van der Waals surface area contributed by atoms with Crippen molar-refractivity contribution in [1.29, 1.82) is 0 Å². The summed E-state index contributed by atoms with van der Waals surface area (Å²) >= 11 is 0. The number of rotatable bonds is 4. The quantitative estimate of drug-likeness (QED) is 0.539. The van der Waals surface area contributed by atoms with Gasteiger partial charge in [0.2, 0.25) is 11.8 Å². The minimum absolute atomic E-state index is 0.117. The summed E-state index contributed by atoms with van der Waals surface area (Å²) in [6, 6.07) is -0.300. The van der Waals surface area contributed by atoms with Gasteiger partial charge < -0.3 is 16.8 Å². The van der Waals surface area contributed by atoms with E-state index in [1.54, 1.807) is 6.92 Å². The van der Waals surface area contributed by atoms with Gasteiger partial charge in [0.25, 0.3) is 0 Å². The van der Waals surface area contributed by atoms with Crippen molar-refractivity contribution in [1.82, 2.24) is 10.2 Å². The summed E-state index contributed by atoms with van der Waals surface area (Å²) in [5.74, 6) is -0.425. The second kappa shape index (κ2) is 5.81. The molecular weight excluding hydrogens is 208 g/mol. The molecule has 1 saturated heterocycles. The van der Waals surface area contributed by atoms with E-state index in [2.05, 4.69) is 5.32 Å². The average molecular weight is 228 g/mol. The Bertz CT molecular complexity index is 260. The maximum Gasteiger partial charge on any atom is 0.236 e. The van der Waals surface area contributed by atoms with Crippen LogP contribution in [0.2, 0.25) is 0 Å². The van der Waals surface area contributed by atoms with E-state index in [9.17, 15) is 9.59 Å². The van der Waals surface area contributed by atoms with Gasteiger partial charge in [-0.05, 0) is 19.8 Å². The van der Waals surface area contributed by atoms with Crippen molar-refractivity contribution >= 4 is 11.8 Å². The Morgan fingerprint density at radius 1 is 1.44 bits per heavy atom. The highest BCUT2D eigenvalue weighted by atomic mass is 16.2. The predicted molar refractivity (Wildman–Crippen MR) is 60.4 cm³/mol. The molecule has 0 aromatic heterocycles. The summed E-state index contributed by atoms with van der Waals surface area (Å²) in [7, 11) is 0. The maximum atomic E-state index is 11.3. The summed E-state index contributed by atoms with van der Waals surface area (Å²) in [5, 5.41) is 2.89. The molecule has 0 aliphatic carbocycles. The molecule has 1 aliphatic rings. The van der Waals surface area contributed by atoms with E-state index in [0.29, 0.717) is 6.54 Å². The van der Waals surface area contributed by atoms with Gasteiger partial charge in [0.05, 0.1) is 12.6 Å². The molecule has 6 heteroatoms. The fourth-order valence-corrected chi connectivity index (χ4v) is 1.79. The number of hydrogen-bond donors (Lipinski definition) is 3. The first kappa shape index (κ1) is 12.9. The second-order valence-electron chi connectivity index (χ2n) is 4.31. The fraction of sp³-hybridized carbons (Fsp3) is 0.800. The number of amides is 2. The number of nitrogens with one attached hydrogen (secondary N) is 1. The molecule has 0 bridgehead atoms. The molecular formula is C10H20N4O2. The van der Waals surface area contributed by atoms with Gasteiger partial charge in [0.1, 0.15) is 0 Å². The van der Waals surface area contributed by atoms with Gasteiger partial charge in [-0.2, -0.15) is 0 Å². The van der Waals surface area contributed by atoms with Crippen LogP contribution in [-0.4, -0.2) is 48.4 Å². The maximum absolute atomic E-state index is 11.3. The van der Waals surface area contributed by atoms with E-state index in [0.717, 1.165) is 25.9 Å². The SMILES string of the molecule is C[C@@H](N)C(=O)NC1CCN(CC(N)=O)CC1. The van der Waals surface area contributed by atoms with Crippen LogP contribution in [0.4, 0.5) is 0 Å². The Balaban J connectivity index is 2.27. The van der Waals surface area contributed by atoms with E-state index in [1.807, 2.05) is 4.90 Å². The molecule has 0 aromatic rings. The third-order valence-electron chi connectivity index (χ3n) is 2.73. The van der Waals surface area contributed by atoms with Crippen molar-refractivity contribution in [2.75, 3.05) is 19.6 Å². The van der Waals surface area contributed by atoms with Crippen molar-refractivity contribution in [2.24, 2.45) is 11.5 Å².